The molecule has 0 unspecified atom stereocenters. The maximum atomic E-state index is 9.53. The summed E-state index contributed by atoms with van der Waals surface area (Å²) in [5.74, 6) is 0.633. The zero-order valence-corrected chi connectivity index (χ0v) is 15.6. The van der Waals surface area contributed by atoms with Gasteiger partial charge in [0.25, 0.3) is 0 Å². The summed E-state index contributed by atoms with van der Waals surface area (Å²) in [5, 5.41) is 13.1. The van der Waals surface area contributed by atoms with Gasteiger partial charge in [-0.05, 0) is 61.7 Å². The van der Waals surface area contributed by atoms with Crippen LogP contribution in [-0.4, -0.2) is 12.2 Å². The third-order valence-electron chi connectivity index (χ3n) is 2.78. The molecular formula is C14H11Br2Cl2NO2. The highest BCUT2D eigenvalue weighted by atomic mass is 79.9. The second-order valence-electron chi connectivity index (χ2n) is 4.23. The topological polar surface area (TPSA) is 41.5 Å². The van der Waals surface area contributed by atoms with Crippen molar-refractivity contribution in [2.45, 2.75) is 6.54 Å². The molecule has 0 aliphatic rings. The number of hydrogen-bond donors (Lipinski definition) is 2. The summed E-state index contributed by atoms with van der Waals surface area (Å²) < 4.78 is 6.98. The minimum absolute atomic E-state index is 0.112. The number of halogens is 4. The van der Waals surface area contributed by atoms with Gasteiger partial charge in [-0.15, -0.1) is 0 Å². The molecule has 0 spiro atoms. The molecule has 0 atom stereocenters. The second-order valence-corrected chi connectivity index (χ2v) is 6.76. The van der Waals surface area contributed by atoms with E-state index in [2.05, 4.69) is 37.2 Å². The molecule has 3 nitrogen and oxygen atoms in total. The highest BCUT2D eigenvalue weighted by Gasteiger charge is 2.09. The first-order valence-electron chi connectivity index (χ1n) is 5.86. The summed E-state index contributed by atoms with van der Waals surface area (Å²) in [4.78, 5) is 0. The van der Waals surface area contributed by atoms with E-state index in [4.69, 9.17) is 27.9 Å². The standard InChI is InChI=1S/C14H11Br2Cl2NO2/c1-21-14-9(15)2-7(3-10(14)16)6-19-8-4-11(17)13(20)12(18)5-8/h2-5,19-20H,6H2,1H3. The Morgan fingerprint density at radius 1 is 1.10 bits per heavy atom. The molecule has 0 saturated carbocycles. The van der Waals surface area contributed by atoms with E-state index in [-0.39, 0.29) is 15.8 Å². The monoisotopic (exact) mass is 453 g/mol. The lowest BCUT2D eigenvalue weighted by molar-refractivity contribution is 0.409. The number of rotatable bonds is 4. The smallest absolute Gasteiger partial charge is 0.152 e. The molecule has 0 aliphatic carbocycles. The maximum Gasteiger partial charge on any atom is 0.152 e. The number of phenolic OH excluding ortho intramolecular Hbond substituents is 1. The molecule has 0 aromatic heterocycles. The van der Waals surface area contributed by atoms with Gasteiger partial charge in [0.05, 0.1) is 26.1 Å². The lowest BCUT2D eigenvalue weighted by Crippen LogP contribution is -2.00. The maximum absolute atomic E-state index is 9.53. The first-order valence-corrected chi connectivity index (χ1v) is 8.20. The van der Waals surface area contributed by atoms with Crippen LogP contribution in [-0.2, 0) is 6.54 Å². The van der Waals surface area contributed by atoms with Crippen molar-refractivity contribution in [3.8, 4) is 11.5 Å². The Bertz CT molecular complexity index is 634. The van der Waals surface area contributed by atoms with E-state index in [1.54, 1.807) is 19.2 Å². The molecule has 0 heterocycles. The Balaban J connectivity index is 2.17. The Labute approximate surface area is 149 Å². The Kier molecular flexibility index (Phi) is 5.66. The van der Waals surface area contributed by atoms with Gasteiger partial charge in [-0.3, -0.25) is 0 Å². The van der Waals surface area contributed by atoms with Gasteiger partial charge < -0.3 is 15.2 Å². The van der Waals surface area contributed by atoms with Gasteiger partial charge in [-0.1, -0.05) is 23.2 Å². The third-order valence-corrected chi connectivity index (χ3v) is 4.53. The van der Waals surface area contributed by atoms with Gasteiger partial charge in [-0.2, -0.15) is 0 Å². The third kappa shape index (κ3) is 3.97. The molecule has 0 saturated heterocycles. The van der Waals surface area contributed by atoms with E-state index in [1.165, 1.54) is 0 Å². The fraction of sp³-hybridized carbons (Fsp3) is 0.143. The van der Waals surface area contributed by atoms with E-state index in [0.29, 0.717) is 6.54 Å². The lowest BCUT2D eigenvalue weighted by Gasteiger charge is -2.12. The summed E-state index contributed by atoms with van der Waals surface area (Å²) >= 11 is 18.7. The second kappa shape index (κ2) is 7.09. The van der Waals surface area contributed by atoms with E-state index in [0.717, 1.165) is 25.9 Å². The van der Waals surface area contributed by atoms with Gasteiger partial charge in [0.2, 0.25) is 0 Å². The molecular weight excluding hydrogens is 445 g/mol. The number of ether oxygens (including phenoxy) is 1. The summed E-state index contributed by atoms with van der Waals surface area (Å²) in [7, 11) is 1.61. The minimum Gasteiger partial charge on any atom is -0.505 e. The van der Waals surface area contributed by atoms with Gasteiger partial charge in [0.1, 0.15) is 5.75 Å². The quantitative estimate of drug-likeness (QED) is 0.568. The molecule has 7 heteroatoms. The SMILES string of the molecule is COc1c(Br)cc(CNc2cc(Cl)c(O)c(Cl)c2)cc1Br. The number of nitrogens with one attached hydrogen (secondary N) is 1. The number of aromatic hydroxyl groups is 1. The highest BCUT2D eigenvalue weighted by Crippen LogP contribution is 2.36. The van der Waals surface area contributed by atoms with Crippen molar-refractivity contribution in [3.05, 3.63) is 48.8 Å². The van der Waals surface area contributed by atoms with Crippen LogP contribution in [0.25, 0.3) is 0 Å². The van der Waals surface area contributed by atoms with Crippen LogP contribution < -0.4 is 10.1 Å². The normalized spacial score (nSPS) is 10.5. The molecule has 112 valence electrons. The molecule has 2 N–H and O–H groups in total. The van der Waals surface area contributed by atoms with Gasteiger partial charge in [-0.25, -0.2) is 0 Å². The van der Waals surface area contributed by atoms with Crippen LogP contribution in [0.2, 0.25) is 10.0 Å². The van der Waals surface area contributed by atoms with Crippen LogP contribution in [0.5, 0.6) is 11.5 Å². The average Bonchev–Trinajstić information content (AvgIpc) is 2.42. The van der Waals surface area contributed by atoms with Crippen LogP contribution in [0.3, 0.4) is 0 Å². The Morgan fingerprint density at radius 2 is 1.62 bits per heavy atom. The van der Waals surface area contributed by atoms with E-state index in [1.807, 2.05) is 12.1 Å². The average molecular weight is 456 g/mol. The van der Waals surface area contributed by atoms with Gasteiger partial charge in [0.15, 0.2) is 5.75 Å². The molecule has 2 aromatic carbocycles. The Morgan fingerprint density at radius 3 is 2.10 bits per heavy atom. The van der Waals surface area contributed by atoms with E-state index < -0.39 is 0 Å². The molecule has 0 aliphatic heterocycles. The van der Waals surface area contributed by atoms with Crippen molar-refractivity contribution in [2.75, 3.05) is 12.4 Å². The summed E-state index contributed by atoms with van der Waals surface area (Å²) in [6, 6.07) is 7.16. The zero-order chi connectivity index (χ0) is 15.6. The predicted molar refractivity (Wildman–Crippen MR) is 93.8 cm³/mol. The van der Waals surface area contributed by atoms with Crippen LogP contribution in [0, 0.1) is 0 Å². The minimum atomic E-state index is -0.112. The summed E-state index contributed by atoms with van der Waals surface area (Å²) in [6.07, 6.45) is 0. The fourth-order valence-electron chi connectivity index (χ4n) is 1.78. The summed E-state index contributed by atoms with van der Waals surface area (Å²) in [6.45, 7) is 0.568. The van der Waals surface area contributed by atoms with Crippen molar-refractivity contribution < 1.29 is 9.84 Å². The summed E-state index contributed by atoms with van der Waals surface area (Å²) in [5.41, 5.74) is 1.76. The van der Waals surface area contributed by atoms with Crippen molar-refractivity contribution in [3.63, 3.8) is 0 Å². The van der Waals surface area contributed by atoms with Crippen molar-refractivity contribution in [2.24, 2.45) is 0 Å². The highest BCUT2D eigenvalue weighted by molar-refractivity contribution is 9.11. The molecule has 0 radical (unpaired) electrons. The molecule has 0 amide bonds. The first-order chi connectivity index (χ1) is 9.92. The van der Waals surface area contributed by atoms with E-state index >= 15 is 0 Å². The van der Waals surface area contributed by atoms with Crippen LogP contribution in [0.4, 0.5) is 5.69 Å². The molecule has 0 bridgehead atoms. The van der Waals surface area contributed by atoms with Crippen molar-refractivity contribution >= 4 is 60.7 Å². The number of hydrogen-bond acceptors (Lipinski definition) is 3. The van der Waals surface area contributed by atoms with Crippen molar-refractivity contribution in [1.29, 1.82) is 0 Å². The number of methoxy groups -OCH3 is 1. The van der Waals surface area contributed by atoms with Crippen LogP contribution in [0.1, 0.15) is 5.56 Å². The number of phenols is 1. The Hall–Kier alpha value is -0.620. The molecule has 2 rings (SSSR count). The van der Waals surface area contributed by atoms with Gasteiger partial charge >= 0.3 is 0 Å². The molecule has 21 heavy (non-hydrogen) atoms. The zero-order valence-electron chi connectivity index (χ0n) is 10.9. The molecule has 2 aromatic rings. The van der Waals surface area contributed by atoms with E-state index in [9.17, 15) is 5.11 Å². The number of benzene rings is 2. The lowest BCUT2D eigenvalue weighted by atomic mass is 10.2. The van der Waals surface area contributed by atoms with Gasteiger partial charge in [0, 0.05) is 12.2 Å². The predicted octanol–water partition coefficient (Wildman–Crippen LogP) is 5.84. The van der Waals surface area contributed by atoms with Crippen molar-refractivity contribution in [1.82, 2.24) is 0 Å². The fourth-order valence-corrected chi connectivity index (χ4v) is 3.87. The molecule has 0 fully saturated rings. The number of anilines is 1. The first kappa shape index (κ1) is 16.7. The largest absolute Gasteiger partial charge is 0.505 e. The van der Waals surface area contributed by atoms with Crippen LogP contribution in [0.15, 0.2) is 33.2 Å². The van der Waals surface area contributed by atoms with Crippen LogP contribution >= 0.6 is 55.1 Å².